The van der Waals surface area contributed by atoms with E-state index in [4.69, 9.17) is 5.73 Å². The predicted octanol–water partition coefficient (Wildman–Crippen LogP) is 2.16. The van der Waals surface area contributed by atoms with Gasteiger partial charge in [0.2, 0.25) is 0 Å². The van der Waals surface area contributed by atoms with E-state index >= 15 is 0 Å². The molecule has 0 amide bonds. The van der Waals surface area contributed by atoms with E-state index in [0.29, 0.717) is 17.8 Å². The number of aryl methyl sites for hydroxylation is 1. The van der Waals surface area contributed by atoms with Crippen molar-refractivity contribution in [3.05, 3.63) is 17.0 Å². The highest BCUT2D eigenvalue weighted by atomic mass is 15.1. The first kappa shape index (κ1) is 10.7. The molecular formula is C12H21N3. The molecule has 0 radical (unpaired) electrons. The van der Waals surface area contributed by atoms with Crippen molar-refractivity contribution in [2.45, 2.75) is 45.4 Å². The van der Waals surface area contributed by atoms with Crippen LogP contribution in [0, 0.1) is 5.92 Å². The maximum atomic E-state index is 5.77. The minimum atomic E-state index is 0.510. The van der Waals surface area contributed by atoms with Crippen LogP contribution >= 0.6 is 0 Å². The number of aromatic amines is 1. The van der Waals surface area contributed by atoms with Crippen molar-refractivity contribution in [2.75, 3.05) is 6.54 Å². The number of aromatic nitrogens is 2. The Balaban J connectivity index is 2.34. The van der Waals surface area contributed by atoms with Crippen molar-refractivity contribution in [2.24, 2.45) is 11.7 Å². The summed E-state index contributed by atoms with van der Waals surface area (Å²) in [6, 6.07) is 0. The molecule has 84 valence electrons. The third-order valence-corrected chi connectivity index (χ3v) is 3.59. The number of nitrogens with one attached hydrogen (secondary N) is 1. The fraction of sp³-hybridized carbons (Fsp3) is 0.750. The third-order valence-electron chi connectivity index (χ3n) is 3.59. The van der Waals surface area contributed by atoms with Crippen molar-refractivity contribution < 1.29 is 0 Å². The molecule has 0 bridgehead atoms. The standard InChI is InChI=1S/C12H21N3/c1-7(2)12-11-9(8(3)6-13)4-5-10(11)14-15-12/h7-9H,4-6,13H2,1-3H3,(H,14,15). The zero-order chi connectivity index (χ0) is 11.0. The quantitative estimate of drug-likeness (QED) is 0.798. The summed E-state index contributed by atoms with van der Waals surface area (Å²) in [5, 5.41) is 7.62. The summed E-state index contributed by atoms with van der Waals surface area (Å²) in [6.45, 7) is 7.43. The lowest BCUT2D eigenvalue weighted by Crippen LogP contribution is -2.18. The Hall–Kier alpha value is -0.830. The van der Waals surface area contributed by atoms with E-state index in [9.17, 15) is 0 Å². The van der Waals surface area contributed by atoms with Gasteiger partial charge in [-0.25, -0.2) is 0 Å². The molecule has 0 fully saturated rings. The average Bonchev–Trinajstić information content (AvgIpc) is 2.75. The first-order valence-electron chi connectivity index (χ1n) is 5.92. The molecule has 1 heterocycles. The molecular weight excluding hydrogens is 186 g/mol. The number of fused-ring (bicyclic) bond motifs is 1. The number of nitrogens with two attached hydrogens (primary N) is 1. The Morgan fingerprint density at radius 2 is 2.20 bits per heavy atom. The van der Waals surface area contributed by atoms with Gasteiger partial charge in [-0.15, -0.1) is 0 Å². The van der Waals surface area contributed by atoms with Crippen LogP contribution in [0.5, 0.6) is 0 Å². The smallest absolute Gasteiger partial charge is 0.0685 e. The van der Waals surface area contributed by atoms with E-state index in [-0.39, 0.29) is 0 Å². The largest absolute Gasteiger partial charge is 0.330 e. The zero-order valence-corrected chi connectivity index (χ0v) is 9.88. The van der Waals surface area contributed by atoms with E-state index in [2.05, 4.69) is 31.0 Å². The summed E-state index contributed by atoms with van der Waals surface area (Å²) in [5.41, 5.74) is 9.86. The van der Waals surface area contributed by atoms with Gasteiger partial charge < -0.3 is 5.73 Å². The molecule has 15 heavy (non-hydrogen) atoms. The van der Waals surface area contributed by atoms with E-state index in [1.165, 1.54) is 23.4 Å². The molecule has 0 saturated heterocycles. The van der Waals surface area contributed by atoms with Crippen molar-refractivity contribution in [3.63, 3.8) is 0 Å². The molecule has 1 aromatic heterocycles. The monoisotopic (exact) mass is 207 g/mol. The molecule has 0 aliphatic heterocycles. The van der Waals surface area contributed by atoms with Gasteiger partial charge in [0.1, 0.15) is 0 Å². The van der Waals surface area contributed by atoms with Crippen LogP contribution in [0.2, 0.25) is 0 Å². The van der Waals surface area contributed by atoms with Gasteiger partial charge >= 0.3 is 0 Å². The minimum Gasteiger partial charge on any atom is -0.330 e. The van der Waals surface area contributed by atoms with E-state index in [1.807, 2.05) is 0 Å². The lowest BCUT2D eigenvalue weighted by atomic mass is 9.86. The Labute approximate surface area is 91.4 Å². The molecule has 1 aliphatic carbocycles. The predicted molar refractivity (Wildman–Crippen MR) is 62.0 cm³/mol. The fourth-order valence-corrected chi connectivity index (χ4v) is 2.62. The number of nitrogens with zero attached hydrogens (tertiary/aromatic N) is 1. The first-order valence-corrected chi connectivity index (χ1v) is 5.92. The third kappa shape index (κ3) is 1.69. The van der Waals surface area contributed by atoms with Crippen molar-refractivity contribution >= 4 is 0 Å². The van der Waals surface area contributed by atoms with Gasteiger partial charge in [0.05, 0.1) is 5.69 Å². The molecule has 1 aromatic rings. The van der Waals surface area contributed by atoms with Crippen LogP contribution in [-0.2, 0) is 6.42 Å². The van der Waals surface area contributed by atoms with Gasteiger partial charge in [-0.05, 0) is 42.7 Å². The number of hydrogen-bond acceptors (Lipinski definition) is 2. The van der Waals surface area contributed by atoms with E-state index in [0.717, 1.165) is 13.0 Å². The maximum absolute atomic E-state index is 5.77. The maximum Gasteiger partial charge on any atom is 0.0685 e. The summed E-state index contributed by atoms with van der Waals surface area (Å²) in [5.74, 6) is 1.71. The minimum absolute atomic E-state index is 0.510. The first-order chi connectivity index (χ1) is 7.15. The molecule has 0 aromatic carbocycles. The second-order valence-electron chi connectivity index (χ2n) is 5.01. The molecule has 3 heteroatoms. The molecule has 0 spiro atoms. The normalized spacial score (nSPS) is 22.1. The molecule has 0 saturated carbocycles. The second kappa shape index (κ2) is 3.97. The number of rotatable bonds is 3. The van der Waals surface area contributed by atoms with E-state index < -0.39 is 0 Å². The SMILES string of the molecule is CC(C)c1n[nH]c2c1C(C(C)CN)CC2. The van der Waals surface area contributed by atoms with Crippen LogP contribution in [0.15, 0.2) is 0 Å². The average molecular weight is 207 g/mol. The zero-order valence-electron chi connectivity index (χ0n) is 9.88. The number of hydrogen-bond donors (Lipinski definition) is 2. The Morgan fingerprint density at radius 3 is 2.80 bits per heavy atom. The summed E-state index contributed by atoms with van der Waals surface area (Å²) >= 11 is 0. The van der Waals surface area contributed by atoms with Crippen molar-refractivity contribution in [3.8, 4) is 0 Å². The van der Waals surface area contributed by atoms with Gasteiger partial charge in [-0.2, -0.15) is 5.10 Å². The Bertz CT molecular complexity index is 341. The highest BCUT2D eigenvalue weighted by Gasteiger charge is 2.32. The summed E-state index contributed by atoms with van der Waals surface area (Å²) in [4.78, 5) is 0. The summed E-state index contributed by atoms with van der Waals surface area (Å²) in [6.07, 6.45) is 2.38. The number of H-pyrrole nitrogens is 1. The van der Waals surface area contributed by atoms with Gasteiger partial charge in [-0.3, -0.25) is 5.10 Å². The van der Waals surface area contributed by atoms with Crippen molar-refractivity contribution in [1.82, 2.24) is 10.2 Å². The van der Waals surface area contributed by atoms with Gasteiger partial charge in [0.15, 0.2) is 0 Å². The lowest BCUT2D eigenvalue weighted by molar-refractivity contribution is 0.460. The van der Waals surface area contributed by atoms with Gasteiger partial charge in [0, 0.05) is 5.69 Å². The van der Waals surface area contributed by atoms with Gasteiger partial charge in [0.25, 0.3) is 0 Å². The van der Waals surface area contributed by atoms with Crippen LogP contribution in [0.25, 0.3) is 0 Å². The molecule has 3 nitrogen and oxygen atoms in total. The van der Waals surface area contributed by atoms with Crippen LogP contribution in [0.3, 0.4) is 0 Å². The van der Waals surface area contributed by atoms with Gasteiger partial charge in [-0.1, -0.05) is 20.8 Å². The topological polar surface area (TPSA) is 54.7 Å². The van der Waals surface area contributed by atoms with Crippen LogP contribution in [0.1, 0.15) is 56.0 Å². The fourth-order valence-electron chi connectivity index (χ4n) is 2.62. The molecule has 2 unspecified atom stereocenters. The molecule has 1 aliphatic rings. The molecule has 3 N–H and O–H groups in total. The van der Waals surface area contributed by atoms with Crippen molar-refractivity contribution in [1.29, 1.82) is 0 Å². The highest BCUT2D eigenvalue weighted by Crippen LogP contribution is 2.40. The highest BCUT2D eigenvalue weighted by molar-refractivity contribution is 5.36. The van der Waals surface area contributed by atoms with Crippen LogP contribution < -0.4 is 5.73 Å². The Morgan fingerprint density at radius 1 is 1.47 bits per heavy atom. The second-order valence-corrected chi connectivity index (χ2v) is 5.01. The molecule has 2 rings (SSSR count). The molecule has 2 atom stereocenters. The van der Waals surface area contributed by atoms with Crippen LogP contribution in [0.4, 0.5) is 0 Å². The van der Waals surface area contributed by atoms with Crippen LogP contribution in [-0.4, -0.2) is 16.7 Å². The Kier molecular flexibility index (Phi) is 2.83. The summed E-state index contributed by atoms with van der Waals surface area (Å²) in [7, 11) is 0. The summed E-state index contributed by atoms with van der Waals surface area (Å²) < 4.78 is 0. The lowest BCUT2D eigenvalue weighted by Gasteiger charge is -2.19. The van der Waals surface area contributed by atoms with E-state index in [1.54, 1.807) is 0 Å².